The van der Waals surface area contributed by atoms with Crippen LogP contribution in [-0.4, -0.2) is 65.4 Å². The highest BCUT2D eigenvalue weighted by molar-refractivity contribution is 7.89. The largest absolute Gasteiger partial charge is 0.497 e. The van der Waals surface area contributed by atoms with Gasteiger partial charge in [-0.1, -0.05) is 12.1 Å². The molecule has 0 bridgehead atoms. The number of nitrogens with zero attached hydrogens (tertiary/aromatic N) is 4. The van der Waals surface area contributed by atoms with Crippen molar-refractivity contribution in [2.24, 2.45) is 7.05 Å². The molecule has 8 nitrogen and oxygen atoms in total. The fraction of sp³-hybridized carbons (Fsp3) is 0.400. The number of sulfonamides is 1. The zero-order valence-corrected chi connectivity index (χ0v) is 24.4. The third-order valence-electron chi connectivity index (χ3n) is 7.35. The molecule has 2 aromatic carbocycles. The first-order valence-corrected chi connectivity index (χ1v) is 14.7. The molecule has 1 fully saturated rings. The van der Waals surface area contributed by atoms with Crippen LogP contribution in [0, 0.1) is 13.8 Å². The van der Waals surface area contributed by atoms with Crippen LogP contribution in [0.3, 0.4) is 0 Å². The second kappa shape index (κ2) is 12.2. The number of piperazine rings is 1. The van der Waals surface area contributed by atoms with Gasteiger partial charge in [0.15, 0.2) is 12.4 Å². The van der Waals surface area contributed by atoms with Crippen LogP contribution >= 0.6 is 0 Å². The van der Waals surface area contributed by atoms with Gasteiger partial charge < -0.3 is 14.5 Å². The van der Waals surface area contributed by atoms with Crippen molar-refractivity contribution in [3.05, 3.63) is 77.6 Å². The van der Waals surface area contributed by atoms with E-state index in [0.717, 1.165) is 37.4 Å². The van der Waals surface area contributed by atoms with Gasteiger partial charge in [-0.3, -0.25) is 4.79 Å². The van der Waals surface area contributed by atoms with Crippen LogP contribution in [0.1, 0.15) is 23.1 Å². The highest BCUT2D eigenvalue weighted by Crippen LogP contribution is 2.28. The molecule has 0 unspecified atom stereocenters. The van der Waals surface area contributed by atoms with Crippen molar-refractivity contribution >= 4 is 27.2 Å². The molecule has 3 aromatic rings. The Labute approximate surface area is 232 Å². The van der Waals surface area contributed by atoms with E-state index < -0.39 is 10.0 Å². The first-order chi connectivity index (χ1) is 18.6. The predicted molar refractivity (Wildman–Crippen MR) is 154 cm³/mol. The second-order valence-electron chi connectivity index (χ2n) is 10.2. The fourth-order valence-corrected chi connectivity index (χ4v) is 6.64. The zero-order chi connectivity index (χ0) is 28.2. The van der Waals surface area contributed by atoms with Crippen molar-refractivity contribution in [3.8, 4) is 5.75 Å². The van der Waals surface area contributed by atoms with E-state index in [0.29, 0.717) is 16.9 Å². The second-order valence-corrected chi connectivity index (χ2v) is 12.2. The Balaban J connectivity index is 1.28. The van der Waals surface area contributed by atoms with Crippen LogP contribution < -0.4 is 19.1 Å². The first kappa shape index (κ1) is 28.6. The van der Waals surface area contributed by atoms with Gasteiger partial charge in [0.25, 0.3) is 0 Å². The number of carbonyl (C=O) groups excluding carboxylic acids is 1. The summed E-state index contributed by atoms with van der Waals surface area (Å²) in [6.07, 6.45) is 4.59. The highest BCUT2D eigenvalue weighted by atomic mass is 32.2. The van der Waals surface area contributed by atoms with Gasteiger partial charge in [0, 0.05) is 76.1 Å². The van der Waals surface area contributed by atoms with E-state index in [4.69, 9.17) is 4.74 Å². The smallest absolute Gasteiger partial charge is 0.243 e. The normalized spacial score (nSPS) is 14.1. The lowest BCUT2D eigenvalue weighted by atomic mass is 10.1. The van der Waals surface area contributed by atoms with E-state index in [1.54, 1.807) is 33.1 Å². The van der Waals surface area contributed by atoms with E-state index >= 15 is 0 Å². The van der Waals surface area contributed by atoms with Gasteiger partial charge in [-0.25, -0.2) is 17.3 Å². The Hall–Kier alpha value is -3.43. The van der Waals surface area contributed by atoms with Crippen molar-refractivity contribution in [3.63, 3.8) is 0 Å². The molecule has 0 radical (unpaired) electrons. The summed E-state index contributed by atoms with van der Waals surface area (Å²) in [5.41, 5.74) is 4.59. The summed E-state index contributed by atoms with van der Waals surface area (Å²) < 4.78 is 35.0. The minimum atomic E-state index is -3.72. The van der Waals surface area contributed by atoms with Gasteiger partial charge in [0.05, 0.1) is 12.0 Å². The topological polar surface area (TPSA) is 74.0 Å². The number of hydrogen-bond acceptors (Lipinski definition) is 6. The van der Waals surface area contributed by atoms with Crippen LogP contribution in [0.5, 0.6) is 5.75 Å². The SMILES string of the molecule is COc1cc(C)c(S(=O)(=O)N(C)CCC(=O)Cc2ccc(N3CCN(c4cc[n+](C)cc4)CC3)cc2)c(C)c1. The molecule has 0 atom stereocenters. The number of carbonyl (C=O) groups is 1. The van der Waals surface area contributed by atoms with E-state index in [1.807, 2.05) is 23.7 Å². The van der Waals surface area contributed by atoms with Crippen LogP contribution in [0.2, 0.25) is 0 Å². The monoisotopic (exact) mass is 551 g/mol. The molecular formula is C30H39N4O4S+. The summed E-state index contributed by atoms with van der Waals surface area (Å²) in [7, 11) is 1.38. The molecule has 2 heterocycles. The molecular weight excluding hydrogens is 512 g/mol. The Morgan fingerprint density at radius 3 is 1.95 bits per heavy atom. The van der Waals surface area contributed by atoms with Crippen molar-refractivity contribution in [1.29, 1.82) is 0 Å². The van der Waals surface area contributed by atoms with Crippen molar-refractivity contribution in [1.82, 2.24) is 4.31 Å². The summed E-state index contributed by atoms with van der Waals surface area (Å²) in [6.45, 7) is 7.44. The summed E-state index contributed by atoms with van der Waals surface area (Å²) in [5.74, 6) is 0.634. The molecule has 1 aliphatic heterocycles. The number of hydrogen-bond donors (Lipinski definition) is 0. The minimum absolute atomic E-state index is 0.0119. The predicted octanol–water partition coefficient (Wildman–Crippen LogP) is 3.29. The van der Waals surface area contributed by atoms with Gasteiger partial charge in [-0.15, -0.1) is 0 Å². The van der Waals surface area contributed by atoms with Gasteiger partial charge in [-0.05, 0) is 54.8 Å². The van der Waals surface area contributed by atoms with Crippen LogP contribution in [-0.2, 0) is 28.3 Å². The molecule has 0 N–H and O–H groups in total. The maximum atomic E-state index is 13.2. The average molecular weight is 552 g/mol. The molecule has 4 rings (SSSR count). The first-order valence-electron chi connectivity index (χ1n) is 13.3. The molecule has 0 saturated carbocycles. The van der Waals surface area contributed by atoms with E-state index in [2.05, 4.69) is 46.5 Å². The minimum Gasteiger partial charge on any atom is -0.497 e. The van der Waals surface area contributed by atoms with Crippen molar-refractivity contribution in [2.75, 3.05) is 56.7 Å². The quantitative estimate of drug-likeness (QED) is 0.360. The molecule has 0 aliphatic carbocycles. The summed E-state index contributed by atoms with van der Waals surface area (Å²) >= 11 is 0. The fourth-order valence-electron chi connectivity index (χ4n) is 5.06. The third kappa shape index (κ3) is 6.78. The lowest BCUT2D eigenvalue weighted by Gasteiger charge is -2.37. The Morgan fingerprint density at radius 1 is 0.923 bits per heavy atom. The van der Waals surface area contributed by atoms with Gasteiger partial charge in [0.1, 0.15) is 18.6 Å². The van der Waals surface area contributed by atoms with Crippen molar-refractivity contribution in [2.45, 2.75) is 31.6 Å². The molecule has 1 aromatic heterocycles. The number of methoxy groups -OCH3 is 1. The number of ketones is 1. The summed E-state index contributed by atoms with van der Waals surface area (Å²) in [5, 5.41) is 0. The van der Waals surface area contributed by atoms with E-state index in [1.165, 1.54) is 17.0 Å². The number of ether oxygens (including phenoxy) is 1. The number of pyridine rings is 1. The molecule has 1 saturated heterocycles. The van der Waals surface area contributed by atoms with Crippen LogP contribution in [0.4, 0.5) is 11.4 Å². The maximum absolute atomic E-state index is 13.2. The molecule has 39 heavy (non-hydrogen) atoms. The molecule has 9 heteroatoms. The molecule has 0 spiro atoms. The number of aryl methyl sites for hydroxylation is 3. The summed E-state index contributed by atoms with van der Waals surface area (Å²) in [4.78, 5) is 17.8. The highest BCUT2D eigenvalue weighted by Gasteiger charge is 2.26. The summed E-state index contributed by atoms with van der Waals surface area (Å²) in [6, 6.07) is 15.9. The van der Waals surface area contributed by atoms with Crippen LogP contribution in [0.15, 0.2) is 65.8 Å². The number of benzene rings is 2. The average Bonchev–Trinajstić information content (AvgIpc) is 2.92. The number of anilines is 2. The lowest BCUT2D eigenvalue weighted by molar-refractivity contribution is -0.671. The van der Waals surface area contributed by atoms with E-state index in [9.17, 15) is 13.2 Å². The third-order valence-corrected chi connectivity index (χ3v) is 9.51. The standard InChI is InChI=1S/C30H39N4O4S/c1-23-20-29(38-5)21-24(2)30(23)39(36,37)32(4)15-12-28(35)22-25-6-8-26(9-7-25)33-16-18-34(19-17-33)27-10-13-31(3)14-11-27/h6-11,13-14,20-21H,12,15-19,22H2,1-5H3/q+1. The lowest BCUT2D eigenvalue weighted by Crippen LogP contribution is -2.46. The van der Waals surface area contributed by atoms with Gasteiger partial charge in [-0.2, -0.15) is 0 Å². The number of Topliss-reactive ketones (excluding diaryl/α,β-unsaturated/α-hetero) is 1. The van der Waals surface area contributed by atoms with Gasteiger partial charge >= 0.3 is 0 Å². The van der Waals surface area contributed by atoms with Gasteiger partial charge in [0.2, 0.25) is 10.0 Å². The molecule has 1 aliphatic rings. The molecule has 208 valence electrons. The Kier molecular flexibility index (Phi) is 8.92. The number of aromatic nitrogens is 1. The van der Waals surface area contributed by atoms with Crippen LogP contribution in [0.25, 0.3) is 0 Å². The number of rotatable bonds is 10. The maximum Gasteiger partial charge on any atom is 0.243 e. The van der Waals surface area contributed by atoms with E-state index in [-0.39, 0.29) is 30.1 Å². The molecule has 0 amide bonds. The zero-order valence-electron chi connectivity index (χ0n) is 23.6. The Bertz CT molecular complexity index is 1370. The van der Waals surface area contributed by atoms with Crippen molar-refractivity contribution < 1.29 is 22.5 Å². The Morgan fingerprint density at radius 2 is 1.44 bits per heavy atom.